The molecule has 10 heteroatoms. The fourth-order valence-electron chi connectivity index (χ4n) is 3.71. The summed E-state index contributed by atoms with van der Waals surface area (Å²) >= 11 is 0. The van der Waals surface area contributed by atoms with E-state index in [9.17, 15) is 18.0 Å². The summed E-state index contributed by atoms with van der Waals surface area (Å²) < 4.78 is 29.7. The molecule has 1 fully saturated rings. The molecule has 0 saturated heterocycles. The number of amides is 1. The molecule has 1 heterocycles. The Bertz CT molecular complexity index is 1050. The van der Waals surface area contributed by atoms with Crippen LogP contribution in [0.2, 0.25) is 0 Å². The predicted molar refractivity (Wildman–Crippen MR) is 125 cm³/mol. The minimum Gasteiger partial charge on any atom is -0.466 e. The van der Waals surface area contributed by atoms with E-state index in [0.29, 0.717) is 17.5 Å². The Morgan fingerprint density at radius 1 is 1.09 bits per heavy atom. The highest BCUT2D eigenvalue weighted by atomic mass is 32.2. The Labute approximate surface area is 194 Å². The summed E-state index contributed by atoms with van der Waals surface area (Å²) in [7, 11) is -3.54. The minimum absolute atomic E-state index is 0.0533. The molecular weight excluding hydrogens is 444 g/mol. The van der Waals surface area contributed by atoms with E-state index in [1.54, 1.807) is 13.0 Å². The molecule has 1 aliphatic carbocycles. The highest BCUT2D eigenvalue weighted by molar-refractivity contribution is 7.91. The third-order valence-corrected chi connectivity index (χ3v) is 7.24. The number of nitrogens with one attached hydrogen (secondary N) is 2. The molecule has 9 nitrogen and oxygen atoms in total. The number of ether oxygens (including phenoxy) is 1. The summed E-state index contributed by atoms with van der Waals surface area (Å²) in [6, 6.07) is 7.90. The van der Waals surface area contributed by atoms with E-state index in [4.69, 9.17) is 4.74 Å². The standard InChI is InChI=1S/C23H30N4O5S/c1-2-32-22(28)9-6-14-33(30,31)19-12-10-18(11-13-19)27-23(29)20-15-21(25-16-24-20)26-17-7-4-3-5-8-17/h10-13,15-17H,2-9,14H2,1H3,(H,27,29)(H,24,25,26). The van der Waals surface area contributed by atoms with Crippen molar-refractivity contribution in [3.05, 3.63) is 42.4 Å². The number of aromatic nitrogens is 2. The highest BCUT2D eigenvalue weighted by Crippen LogP contribution is 2.21. The van der Waals surface area contributed by atoms with Crippen LogP contribution in [0.1, 0.15) is 62.4 Å². The molecule has 0 bridgehead atoms. The van der Waals surface area contributed by atoms with Crippen LogP contribution >= 0.6 is 0 Å². The zero-order chi connectivity index (χ0) is 23.7. The maximum Gasteiger partial charge on any atom is 0.305 e. The molecule has 0 unspecified atom stereocenters. The van der Waals surface area contributed by atoms with Gasteiger partial charge in [0.25, 0.3) is 5.91 Å². The molecule has 1 aliphatic rings. The van der Waals surface area contributed by atoms with Gasteiger partial charge in [-0.15, -0.1) is 0 Å². The molecule has 1 aromatic heterocycles. The number of anilines is 2. The van der Waals surface area contributed by atoms with Gasteiger partial charge in [0, 0.05) is 24.2 Å². The van der Waals surface area contributed by atoms with Crippen molar-refractivity contribution in [1.29, 1.82) is 0 Å². The average Bonchev–Trinajstić information content (AvgIpc) is 2.80. The van der Waals surface area contributed by atoms with Gasteiger partial charge < -0.3 is 15.4 Å². The van der Waals surface area contributed by atoms with Crippen LogP contribution in [-0.2, 0) is 19.4 Å². The smallest absolute Gasteiger partial charge is 0.305 e. The summed E-state index contributed by atoms with van der Waals surface area (Å²) in [5.41, 5.74) is 0.671. The molecule has 2 N–H and O–H groups in total. The van der Waals surface area contributed by atoms with Gasteiger partial charge in [0.15, 0.2) is 9.84 Å². The monoisotopic (exact) mass is 474 g/mol. The summed E-state index contributed by atoms with van der Waals surface area (Å²) in [5.74, 6) is -0.358. The number of benzene rings is 1. The first-order valence-electron chi connectivity index (χ1n) is 11.3. The second-order valence-corrected chi connectivity index (χ2v) is 10.1. The van der Waals surface area contributed by atoms with E-state index >= 15 is 0 Å². The van der Waals surface area contributed by atoms with Gasteiger partial charge >= 0.3 is 5.97 Å². The van der Waals surface area contributed by atoms with Crippen molar-refractivity contribution in [1.82, 2.24) is 9.97 Å². The zero-order valence-electron chi connectivity index (χ0n) is 18.7. The summed E-state index contributed by atoms with van der Waals surface area (Å²) in [4.78, 5) is 32.4. The molecule has 1 aromatic carbocycles. The van der Waals surface area contributed by atoms with Gasteiger partial charge in [-0.05, 0) is 50.5 Å². The normalized spacial score (nSPS) is 14.5. The van der Waals surface area contributed by atoms with Crippen LogP contribution in [-0.4, -0.2) is 48.7 Å². The number of rotatable bonds is 10. The zero-order valence-corrected chi connectivity index (χ0v) is 19.6. The fourth-order valence-corrected chi connectivity index (χ4v) is 5.03. The predicted octanol–water partition coefficient (Wildman–Crippen LogP) is 3.59. The number of sulfone groups is 1. The molecule has 178 valence electrons. The Kier molecular flexibility index (Phi) is 8.76. The lowest BCUT2D eigenvalue weighted by Crippen LogP contribution is -2.23. The van der Waals surface area contributed by atoms with Gasteiger partial charge in [-0.2, -0.15) is 0 Å². The second-order valence-electron chi connectivity index (χ2n) is 7.97. The van der Waals surface area contributed by atoms with Crippen LogP contribution in [0.15, 0.2) is 41.6 Å². The van der Waals surface area contributed by atoms with Crippen molar-refractivity contribution < 1.29 is 22.7 Å². The lowest BCUT2D eigenvalue weighted by atomic mass is 9.95. The van der Waals surface area contributed by atoms with Crippen LogP contribution in [0, 0.1) is 0 Å². The van der Waals surface area contributed by atoms with Crippen LogP contribution < -0.4 is 10.6 Å². The fraction of sp³-hybridized carbons (Fsp3) is 0.478. The van der Waals surface area contributed by atoms with Gasteiger partial charge in [0.1, 0.15) is 17.8 Å². The molecule has 1 amide bonds. The Morgan fingerprint density at radius 3 is 2.52 bits per heavy atom. The highest BCUT2D eigenvalue weighted by Gasteiger charge is 2.17. The molecule has 0 radical (unpaired) electrons. The molecule has 3 rings (SSSR count). The Balaban J connectivity index is 1.56. The maximum absolute atomic E-state index is 12.6. The van der Waals surface area contributed by atoms with Crippen molar-refractivity contribution in [2.75, 3.05) is 23.0 Å². The van der Waals surface area contributed by atoms with Crippen LogP contribution in [0.3, 0.4) is 0 Å². The quantitative estimate of drug-likeness (QED) is 0.500. The van der Waals surface area contributed by atoms with Gasteiger partial charge in [-0.3, -0.25) is 9.59 Å². The summed E-state index contributed by atoms with van der Waals surface area (Å²) in [6.07, 6.45) is 7.39. The van der Waals surface area contributed by atoms with E-state index in [1.807, 2.05) is 0 Å². The maximum atomic E-state index is 12.6. The minimum atomic E-state index is -3.54. The van der Waals surface area contributed by atoms with Crippen LogP contribution in [0.5, 0.6) is 0 Å². The van der Waals surface area contributed by atoms with Crippen LogP contribution in [0.4, 0.5) is 11.5 Å². The first-order chi connectivity index (χ1) is 15.9. The number of nitrogens with zero attached hydrogens (tertiary/aromatic N) is 2. The van der Waals surface area contributed by atoms with Crippen molar-refractivity contribution >= 4 is 33.2 Å². The van der Waals surface area contributed by atoms with Gasteiger partial charge in [0.05, 0.1) is 17.3 Å². The molecule has 0 spiro atoms. The number of carbonyl (C=O) groups excluding carboxylic acids is 2. The van der Waals surface area contributed by atoms with E-state index in [2.05, 4.69) is 20.6 Å². The van der Waals surface area contributed by atoms with E-state index < -0.39 is 21.7 Å². The first-order valence-corrected chi connectivity index (χ1v) is 12.9. The van der Waals surface area contributed by atoms with Crippen molar-refractivity contribution in [3.8, 4) is 0 Å². The van der Waals surface area contributed by atoms with Crippen molar-refractivity contribution in [2.45, 2.75) is 62.8 Å². The molecule has 0 atom stereocenters. The van der Waals surface area contributed by atoms with Gasteiger partial charge in [-0.25, -0.2) is 18.4 Å². The van der Waals surface area contributed by atoms with E-state index in [1.165, 1.54) is 49.9 Å². The van der Waals surface area contributed by atoms with Gasteiger partial charge in [0.2, 0.25) is 0 Å². The number of carbonyl (C=O) groups is 2. The molecule has 1 saturated carbocycles. The Hall–Kier alpha value is -3.01. The van der Waals surface area contributed by atoms with Gasteiger partial charge in [-0.1, -0.05) is 19.3 Å². The summed E-state index contributed by atoms with van der Waals surface area (Å²) in [6.45, 7) is 1.97. The van der Waals surface area contributed by atoms with Crippen molar-refractivity contribution in [2.24, 2.45) is 0 Å². The second kappa shape index (κ2) is 11.7. The Morgan fingerprint density at radius 2 is 1.82 bits per heavy atom. The first kappa shape index (κ1) is 24.6. The lowest BCUT2D eigenvalue weighted by molar-refractivity contribution is -0.143. The van der Waals surface area contributed by atoms with Crippen LogP contribution in [0.25, 0.3) is 0 Å². The topological polar surface area (TPSA) is 127 Å². The summed E-state index contributed by atoms with van der Waals surface area (Å²) in [5, 5.41) is 6.09. The number of hydrogen-bond acceptors (Lipinski definition) is 8. The largest absolute Gasteiger partial charge is 0.466 e. The van der Waals surface area contributed by atoms with Crippen molar-refractivity contribution in [3.63, 3.8) is 0 Å². The molecular formula is C23H30N4O5S. The third-order valence-electron chi connectivity index (χ3n) is 5.43. The lowest BCUT2D eigenvalue weighted by Gasteiger charge is -2.23. The SMILES string of the molecule is CCOC(=O)CCCS(=O)(=O)c1ccc(NC(=O)c2cc(NC3CCCCC3)ncn2)cc1. The number of hydrogen-bond donors (Lipinski definition) is 2. The molecule has 33 heavy (non-hydrogen) atoms. The van der Waals surface area contributed by atoms with E-state index in [-0.39, 0.29) is 35.8 Å². The third kappa shape index (κ3) is 7.52. The number of esters is 1. The average molecular weight is 475 g/mol. The van der Waals surface area contributed by atoms with E-state index in [0.717, 1.165) is 12.8 Å². The molecule has 2 aromatic rings. The molecule has 0 aliphatic heterocycles.